The number of anilines is 1. The van der Waals surface area contributed by atoms with Crippen LogP contribution in [0.3, 0.4) is 0 Å². The van der Waals surface area contributed by atoms with Gasteiger partial charge < -0.3 is 15.0 Å². The molecule has 3 rings (SSSR count). The number of amides is 2. The number of halogens is 1. The Hall–Kier alpha value is -2.73. The molecular formula is C19H19FN2O3. The smallest absolute Gasteiger partial charge is 0.249 e. The Morgan fingerprint density at radius 2 is 2.04 bits per heavy atom. The van der Waals surface area contributed by atoms with E-state index in [-0.39, 0.29) is 37.4 Å². The standard InChI is InChI=1S/C19H19FN2O3/c1-13-3-2-4-16(9-13)21-19(24)17-11-25-12-18(23)22(17)10-14-5-7-15(20)8-6-14/h2-9,17H,10-12H2,1H3,(H,21,24). The van der Waals surface area contributed by atoms with Crippen LogP contribution in [0.2, 0.25) is 0 Å². The van der Waals surface area contributed by atoms with Crippen molar-refractivity contribution in [2.24, 2.45) is 0 Å². The molecule has 0 spiro atoms. The first-order valence-corrected chi connectivity index (χ1v) is 8.02. The summed E-state index contributed by atoms with van der Waals surface area (Å²) in [6, 6.07) is 12.6. The second kappa shape index (κ2) is 7.44. The van der Waals surface area contributed by atoms with Crippen LogP contribution < -0.4 is 5.32 Å². The van der Waals surface area contributed by atoms with E-state index in [4.69, 9.17) is 4.74 Å². The number of hydrogen-bond donors (Lipinski definition) is 1. The average molecular weight is 342 g/mol. The summed E-state index contributed by atoms with van der Waals surface area (Å²) in [6.45, 7) is 2.23. The molecule has 1 atom stereocenters. The molecule has 0 aliphatic carbocycles. The highest BCUT2D eigenvalue weighted by atomic mass is 19.1. The van der Waals surface area contributed by atoms with Gasteiger partial charge in [-0.25, -0.2) is 4.39 Å². The predicted octanol–water partition coefficient (Wildman–Crippen LogP) is 2.50. The summed E-state index contributed by atoms with van der Waals surface area (Å²) in [5.41, 5.74) is 2.45. The number of rotatable bonds is 4. The number of carbonyl (C=O) groups is 2. The van der Waals surface area contributed by atoms with E-state index in [1.807, 2.05) is 25.1 Å². The molecule has 2 aromatic rings. The van der Waals surface area contributed by atoms with Crippen molar-refractivity contribution < 1.29 is 18.7 Å². The minimum atomic E-state index is -0.730. The van der Waals surface area contributed by atoms with Gasteiger partial charge in [0.05, 0.1) is 6.61 Å². The van der Waals surface area contributed by atoms with Crippen LogP contribution in [0.25, 0.3) is 0 Å². The van der Waals surface area contributed by atoms with E-state index in [0.29, 0.717) is 5.69 Å². The largest absolute Gasteiger partial charge is 0.369 e. The summed E-state index contributed by atoms with van der Waals surface area (Å²) in [5, 5.41) is 2.83. The van der Waals surface area contributed by atoms with Crippen LogP contribution in [0.5, 0.6) is 0 Å². The Labute approximate surface area is 145 Å². The van der Waals surface area contributed by atoms with E-state index < -0.39 is 6.04 Å². The summed E-state index contributed by atoms with van der Waals surface area (Å²) >= 11 is 0. The minimum absolute atomic E-state index is 0.0601. The lowest BCUT2D eigenvalue weighted by Gasteiger charge is -2.34. The van der Waals surface area contributed by atoms with Gasteiger partial charge in [-0.15, -0.1) is 0 Å². The summed E-state index contributed by atoms with van der Waals surface area (Å²) in [6.07, 6.45) is 0. The Morgan fingerprint density at radius 1 is 1.28 bits per heavy atom. The quantitative estimate of drug-likeness (QED) is 0.929. The third-order valence-corrected chi connectivity index (χ3v) is 4.05. The van der Waals surface area contributed by atoms with Gasteiger partial charge in [-0.3, -0.25) is 9.59 Å². The normalized spacial score (nSPS) is 17.4. The lowest BCUT2D eigenvalue weighted by Crippen LogP contribution is -2.54. The molecule has 2 aromatic carbocycles. The van der Waals surface area contributed by atoms with Gasteiger partial charge in [-0.1, -0.05) is 24.3 Å². The SMILES string of the molecule is Cc1cccc(NC(=O)C2COCC(=O)N2Cc2ccc(F)cc2)c1. The van der Waals surface area contributed by atoms with Crippen LogP contribution in [-0.2, 0) is 20.9 Å². The minimum Gasteiger partial charge on any atom is -0.369 e. The highest BCUT2D eigenvalue weighted by molar-refractivity contribution is 5.98. The topological polar surface area (TPSA) is 58.6 Å². The molecule has 2 amide bonds. The fourth-order valence-corrected chi connectivity index (χ4v) is 2.76. The van der Waals surface area contributed by atoms with E-state index in [9.17, 15) is 14.0 Å². The molecular weight excluding hydrogens is 323 g/mol. The highest BCUT2D eigenvalue weighted by Gasteiger charge is 2.34. The molecule has 1 N–H and O–H groups in total. The molecule has 130 valence electrons. The van der Waals surface area contributed by atoms with Gasteiger partial charge in [0.1, 0.15) is 18.5 Å². The summed E-state index contributed by atoms with van der Waals surface area (Å²) in [7, 11) is 0. The van der Waals surface area contributed by atoms with Gasteiger partial charge in [-0.05, 0) is 42.3 Å². The zero-order chi connectivity index (χ0) is 17.8. The van der Waals surface area contributed by atoms with Crippen LogP contribution in [0.15, 0.2) is 48.5 Å². The lowest BCUT2D eigenvalue weighted by molar-refractivity contribution is -0.154. The van der Waals surface area contributed by atoms with Crippen molar-refractivity contribution in [3.8, 4) is 0 Å². The molecule has 1 heterocycles. The molecule has 1 aliphatic rings. The second-order valence-electron chi connectivity index (χ2n) is 6.04. The van der Waals surface area contributed by atoms with E-state index >= 15 is 0 Å². The third-order valence-electron chi connectivity index (χ3n) is 4.05. The number of ether oxygens (including phenoxy) is 1. The third kappa shape index (κ3) is 4.22. The Balaban J connectivity index is 1.75. The molecule has 0 saturated carbocycles. The molecule has 0 radical (unpaired) electrons. The molecule has 6 heteroatoms. The molecule has 5 nitrogen and oxygen atoms in total. The van der Waals surface area contributed by atoms with Crippen LogP contribution in [0.1, 0.15) is 11.1 Å². The summed E-state index contributed by atoms with van der Waals surface area (Å²) < 4.78 is 18.3. The Morgan fingerprint density at radius 3 is 2.76 bits per heavy atom. The van der Waals surface area contributed by atoms with Crippen molar-refractivity contribution in [3.05, 3.63) is 65.5 Å². The van der Waals surface area contributed by atoms with Gasteiger partial charge in [0.2, 0.25) is 11.8 Å². The van der Waals surface area contributed by atoms with E-state index in [0.717, 1.165) is 11.1 Å². The number of benzene rings is 2. The van der Waals surface area contributed by atoms with Gasteiger partial charge >= 0.3 is 0 Å². The summed E-state index contributed by atoms with van der Waals surface area (Å²) in [4.78, 5) is 26.3. The maximum Gasteiger partial charge on any atom is 0.249 e. The molecule has 25 heavy (non-hydrogen) atoms. The molecule has 1 fully saturated rings. The lowest BCUT2D eigenvalue weighted by atomic mass is 10.1. The monoisotopic (exact) mass is 342 g/mol. The Kier molecular flexibility index (Phi) is 5.09. The fraction of sp³-hybridized carbons (Fsp3) is 0.263. The Bertz CT molecular complexity index is 776. The second-order valence-corrected chi connectivity index (χ2v) is 6.04. The van der Waals surface area contributed by atoms with Gasteiger partial charge in [-0.2, -0.15) is 0 Å². The van der Waals surface area contributed by atoms with Crippen molar-refractivity contribution >= 4 is 17.5 Å². The predicted molar refractivity (Wildman–Crippen MR) is 91.4 cm³/mol. The first kappa shape index (κ1) is 17.1. The zero-order valence-electron chi connectivity index (χ0n) is 13.9. The first-order chi connectivity index (χ1) is 12.0. The number of carbonyl (C=O) groups excluding carboxylic acids is 2. The van der Waals surface area contributed by atoms with Crippen LogP contribution in [0.4, 0.5) is 10.1 Å². The van der Waals surface area contributed by atoms with Crippen molar-refractivity contribution in [1.29, 1.82) is 0 Å². The average Bonchev–Trinajstić information content (AvgIpc) is 2.58. The fourth-order valence-electron chi connectivity index (χ4n) is 2.76. The first-order valence-electron chi connectivity index (χ1n) is 8.02. The summed E-state index contributed by atoms with van der Waals surface area (Å²) in [5.74, 6) is -0.911. The van der Waals surface area contributed by atoms with Crippen molar-refractivity contribution in [1.82, 2.24) is 4.90 Å². The number of morpholine rings is 1. The zero-order valence-corrected chi connectivity index (χ0v) is 13.9. The van der Waals surface area contributed by atoms with Crippen LogP contribution in [-0.4, -0.2) is 36.0 Å². The molecule has 1 unspecified atom stereocenters. The highest BCUT2D eigenvalue weighted by Crippen LogP contribution is 2.17. The van der Waals surface area contributed by atoms with Crippen LogP contribution in [0, 0.1) is 12.7 Å². The maximum atomic E-state index is 13.1. The number of nitrogens with one attached hydrogen (secondary N) is 1. The van der Waals surface area contributed by atoms with Crippen molar-refractivity contribution in [2.45, 2.75) is 19.5 Å². The van der Waals surface area contributed by atoms with E-state index in [1.54, 1.807) is 18.2 Å². The molecule has 1 saturated heterocycles. The van der Waals surface area contributed by atoms with E-state index in [2.05, 4.69) is 5.32 Å². The molecule has 0 aromatic heterocycles. The molecule has 0 bridgehead atoms. The number of aryl methyl sites for hydroxylation is 1. The van der Waals surface area contributed by atoms with Crippen LogP contribution >= 0.6 is 0 Å². The van der Waals surface area contributed by atoms with E-state index in [1.165, 1.54) is 17.0 Å². The van der Waals surface area contributed by atoms with Crippen molar-refractivity contribution in [2.75, 3.05) is 18.5 Å². The van der Waals surface area contributed by atoms with Gasteiger partial charge in [0, 0.05) is 12.2 Å². The number of hydrogen-bond acceptors (Lipinski definition) is 3. The maximum absolute atomic E-state index is 13.1. The molecule has 1 aliphatic heterocycles. The van der Waals surface area contributed by atoms with Gasteiger partial charge in [0.15, 0.2) is 0 Å². The van der Waals surface area contributed by atoms with Crippen molar-refractivity contribution in [3.63, 3.8) is 0 Å². The number of nitrogens with zero attached hydrogens (tertiary/aromatic N) is 1. The van der Waals surface area contributed by atoms with Gasteiger partial charge in [0.25, 0.3) is 0 Å².